The van der Waals surface area contributed by atoms with E-state index in [0.29, 0.717) is 29.0 Å². The van der Waals surface area contributed by atoms with Gasteiger partial charge < -0.3 is 5.73 Å². The van der Waals surface area contributed by atoms with Crippen molar-refractivity contribution >= 4 is 0 Å². The van der Waals surface area contributed by atoms with Gasteiger partial charge in [0.1, 0.15) is 0 Å². The quantitative estimate of drug-likeness (QED) is 0.833. The van der Waals surface area contributed by atoms with Crippen LogP contribution in [0.3, 0.4) is 0 Å². The number of hydrogen-bond donors (Lipinski definition) is 1. The molecule has 2 heteroatoms. The summed E-state index contributed by atoms with van der Waals surface area (Å²) in [6.45, 7) is 16.5. The van der Waals surface area contributed by atoms with Crippen molar-refractivity contribution in [2.24, 2.45) is 22.5 Å². The third-order valence-corrected chi connectivity index (χ3v) is 6.27. The molecule has 1 aliphatic rings. The minimum Gasteiger partial charge on any atom is -0.326 e. The lowest BCUT2D eigenvalue weighted by Gasteiger charge is -2.48. The van der Waals surface area contributed by atoms with Crippen LogP contribution >= 0.6 is 0 Å². The highest BCUT2D eigenvalue weighted by molar-refractivity contribution is 4.95. The Balaban J connectivity index is 2.82. The highest BCUT2D eigenvalue weighted by atomic mass is 15.2. The van der Waals surface area contributed by atoms with Crippen LogP contribution in [0, 0.1) is 16.7 Å². The van der Waals surface area contributed by atoms with Crippen molar-refractivity contribution in [2.45, 2.75) is 92.3 Å². The summed E-state index contributed by atoms with van der Waals surface area (Å²) in [6, 6.07) is 1.43. The molecular weight excluding hydrogens is 244 g/mol. The molecule has 0 aromatic heterocycles. The van der Waals surface area contributed by atoms with E-state index < -0.39 is 0 Å². The Kier molecular flexibility index (Phi) is 5.71. The molecular formula is C18H38N2. The number of rotatable bonds is 4. The van der Waals surface area contributed by atoms with E-state index in [1.54, 1.807) is 0 Å². The van der Waals surface area contributed by atoms with Crippen LogP contribution in [-0.4, -0.2) is 30.1 Å². The molecule has 0 bridgehead atoms. The summed E-state index contributed by atoms with van der Waals surface area (Å²) in [5.74, 6) is 0.812. The van der Waals surface area contributed by atoms with Crippen molar-refractivity contribution in [1.82, 2.24) is 4.90 Å². The van der Waals surface area contributed by atoms with E-state index in [4.69, 9.17) is 5.73 Å². The number of hydrogen-bond acceptors (Lipinski definition) is 2. The standard InChI is InChI=1S/C18H38N2/c1-9-18(6,7)14-10-11-15(19)16(12-14)20(8)13(2)17(3,4)5/h13-16H,9-12,19H2,1-8H3. The Bertz CT molecular complexity index is 303. The predicted molar refractivity (Wildman–Crippen MR) is 89.9 cm³/mol. The van der Waals surface area contributed by atoms with E-state index in [1.807, 2.05) is 0 Å². The fourth-order valence-corrected chi connectivity index (χ4v) is 3.54. The van der Waals surface area contributed by atoms with Crippen LogP contribution in [0.1, 0.15) is 74.1 Å². The van der Waals surface area contributed by atoms with Gasteiger partial charge in [-0.15, -0.1) is 0 Å². The third-order valence-electron chi connectivity index (χ3n) is 6.27. The smallest absolute Gasteiger partial charge is 0.0250 e. The Morgan fingerprint density at radius 3 is 2.15 bits per heavy atom. The monoisotopic (exact) mass is 282 g/mol. The summed E-state index contributed by atoms with van der Waals surface area (Å²) >= 11 is 0. The van der Waals surface area contributed by atoms with Crippen LogP contribution in [-0.2, 0) is 0 Å². The van der Waals surface area contributed by atoms with Crippen LogP contribution in [0.5, 0.6) is 0 Å². The van der Waals surface area contributed by atoms with E-state index in [-0.39, 0.29) is 0 Å². The average molecular weight is 283 g/mol. The van der Waals surface area contributed by atoms with E-state index in [1.165, 1.54) is 25.7 Å². The SMILES string of the molecule is CCC(C)(C)C1CCC(N)C(N(C)C(C)C(C)(C)C)C1. The van der Waals surface area contributed by atoms with Crippen LogP contribution in [0.15, 0.2) is 0 Å². The summed E-state index contributed by atoms with van der Waals surface area (Å²) in [5.41, 5.74) is 7.22. The topological polar surface area (TPSA) is 29.3 Å². The maximum Gasteiger partial charge on any atom is 0.0250 e. The van der Waals surface area contributed by atoms with Crippen molar-refractivity contribution in [3.63, 3.8) is 0 Å². The molecule has 0 aliphatic heterocycles. The summed E-state index contributed by atoms with van der Waals surface area (Å²) in [4.78, 5) is 2.56. The molecule has 0 heterocycles. The van der Waals surface area contributed by atoms with Crippen LogP contribution < -0.4 is 5.73 Å². The van der Waals surface area contributed by atoms with Crippen LogP contribution in [0.2, 0.25) is 0 Å². The fraction of sp³-hybridized carbons (Fsp3) is 1.00. The minimum atomic E-state index is 0.307. The first-order chi connectivity index (χ1) is 9.00. The second-order valence-corrected chi connectivity index (χ2v) is 8.79. The highest BCUT2D eigenvalue weighted by Crippen LogP contribution is 2.42. The van der Waals surface area contributed by atoms with Gasteiger partial charge in [-0.2, -0.15) is 0 Å². The predicted octanol–water partition coefficient (Wildman–Crippen LogP) is 4.29. The lowest BCUT2D eigenvalue weighted by molar-refractivity contribution is 0.0265. The molecule has 0 amide bonds. The Morgan fingerprint density at radius 1 is 1.15 bits per heavy atom. The Labute approximate surface area is 127 Å². The molecule has 0 aromatic carbocycles. The van der Waals surface area contributed by atoms with Gasteiger partial charge in [0.25, 0.3) is 0 Å². The zero-order chi connectivity index (χ0) is 15.7. The molecule has 1 rings (SSSR count). The molecule has 4 atom stereocenters. The van der Waals surface area contributed by atoms with Gasteiger partial charge in [-0.3, -0.25) is 4.90 Å². The van der Waals surface area contributed by atoms with Gasteiger partial charge in [-0.05, 0) is 50.0 Å². The summed E-state index contributed by atoms with van der Waals surface area (Å²) in [7, 11) is 2.28. The zero-order valence-corrected chi connectivity index (χ0v) is 15.2. The molecule has 0 spiro atoms. The molecule has 0 saturated heterocycles. The molecule has 0 radical (unpaired) electrons. The first kappa shape index (κ1) is 18.0. The van der Waals surface area contributed by atoms with Gasteiger partial charge in [0.15, 0.2) is 0 Å². The molecule has 2 nitrogen and oxygen atoms in total. The summed E-state index contributed by atoms with van der Waals surface area (Å²) in [6.07, 6.45) is 5.01. The molecule has 120 valence electrons. The van der Waals surface area contributed by atoms with Gasteiger partial charge in [0.05, 0.1) is 0 Å². The lowest BCUT2D eigenvalue weighted by atomic mass is 9.67. The van der Waals surface area contributed by atoms with Crippen molar-refractivity contribution < 1.29 is 0 Å². The van der Waals surface area contributed by atoms with E-state index in [2.05, 4.69) is 60.4 Å². The lowest BCUT2D eigenvalue weighted by Crippen LogP contribution is -2.56. The third kappa shape index (κ3) is 3.98. The van der Waals surface area contributed by atoms with Gasteiger partial charge in [0, 0.05) is 18.1 Å². The zero-order valence-electron chi connectivity index (χ0n) is 15.2. The van der Waals surface area contributed by atoms with Crippen molar-refractivity contribution in [2.75, 3.05) is 7.05 Å². The number of nitrogens with two attached hydrogens (primary N) is 1. The van der Waals surface area contributed by atoms with Crippen LogP contribution in [0.4, 0.5) is 0 Å². The normalized spacial score (nSPS) is 30.6. The molecule has 1 aliphatic carbocycles. The van der Waals surface area contributed by atoms with Gasteiger partial charge in [0.2, 0.25) is 0 Å². The summed E-state index contributed by atoms with van der Waals surface area (Å²) in [5, 5.41) is 0. The first-order valence-corrected chi connectivity index (χ1v) is 8.48. The summed E-state index contributed by atoms with van der Waals surface area (Å²) < 4.78 is 0. The molecule has 1 saturated carbocycles. The number of nitrogens with zero attached hydrogens (tertiary/aromatic N) is 1. The molecule has 1 fully saturated rings. The maximum absolute atomic E-state index is 6.47. The molecule has 20 heavy (non-hydrogen) atoms. The van der Waals surface area contributed by atoms with Crippen molar-refractivity contribution in [3.8, 4) is 0 Å². The number of likely N-dealkylation sites (N-methyl/N-ethyl adjacent to an activating group) is 1. The van der Waals surface area contributed by atoms with Gasteiger partial charge in [-0.25, -0.2) is 0 Å². The second kappa shape index (κ2) is 6.36. The van der Waals surface area contributed by atoms with Gasteiger partial charge >= 0.3 is 0 Å². The molecule has 4 unspecified atom stereocenters. The second-order valence-electron chi connectivity index (χ2n) is 8.79. The van der Waals surface area contributed by atoms with Crippen LogP contribution in [0.25, 0.3) is 0 Å². The minimum absolute atomic E-state index is 0.307. The fourth-order valence-electron chi connectivity index (χ4n) is 3.54. The van der Waals surface area contributed by atoms with Crippen molar-refractivity contribution in [3.05, 3.63) is 0 Å². The Morgan fingerprint density at radius 2 is 1.70 bits per heavy atom. The Hall–Kier alpha value is -0.0800. The average Bonchev–Trinajstić information content (AvgIpc) is 2.36. The molecule has 0 aromatic rings. The maximum atomic E-state index is 6.47. The first-order valence-electron chi connectivity index (χ1n) is 8.48. The largest absolute Gasteiger partial charge is 0.326 e. The van der Waals surface area contributed by atoms with E-state index >= 15 is 0 Å². The molecule has 2 N–H and O–H groups in total. The highest BCUT2D eigenvalue weighted by Gasteiger charge is 2.39. The van der Waals surface area contributed by atoms with Gasteiger partial charge in [-0.1, -0.05) is 48.0 Å². The van der Waals surface area contributed by atoms with Crippen molar-refractivity contribution in [1.29, 1.82) is 0 Å². The van der Waals surface area contributed by atoms with E-state index in [0.717, 1.165) is 5.92 Å². The van der Waals surface area contributed by atoms with E-state index in [9.17, 15) is 0 Å².